The number of methoxy groups -OCH3 is 1. The first-order chi connectivity index (χ1) is 7.44. The van der Waals surface area contributed by atoms with E-state index in [4.69, 9.17) is 9.47 Å². The molecule has 1 amide bonds. The lowest BCUT2D eigenvalue weighted by Crippen LogP contribution is -2.39. The fraction of sp³-hybridized carbons (Fsp3) is 0.917. The van der Waals surface area contributed by atoms with Crippen molar-refractivity contribution in [2.75, 3.05) is 27.3 Å². The molecular weight excluding hydrogens is 206 g/mol. The number of nitrogens with zero attached hydrogens (tertiary/aromatic N) is 1. The second-order valence-corrected chi connectivity index (χ2v) is 5.21. The van der Waals surface area contributed by atoms with E-state index in [1.54, 1.807) is 19.1 Å². The van der Waals surface area contributed by atoms with Crippen LogP contribution in [0.25, 0.3) is 0 Å². The summed E-state index contributed by atoms with van der Waals surface area (Å²) in [5.41, 5.74) is -0.556. The topological polar surface area (TPSA) is 38.8 Å². The molecule has 0 radical (unpaired) electrons. The summed E-state index contributed by atoms with van der Waals surface area (Å²) in [6.45, 7) is 4.90. The van der Waals surface area contributed by atoms with Crippen LogP contribution in [0.4, 0.5) is 4.79 Å². The largest absolute Gasteiger partial charge is 0.441 e. The number of amides is 1. The molecule has 0 aromatic heterocycles. The van der Waals surface area contributed by atoms with Gasteiger partial charge in [-0.15, -0.1) is 0 Å². The standard InChI is InChI=1S/C12H23NO3/c1-12(2,9-15-4)16-11(14)13(3)8-7-10-5-6-10/h10H,5-9H2,1-4H3. The number of hydrogen-bond donors (Lipinski definition) is 0. The Bertz CT molecular complexity index is 236. The zero-order valence-electron chi connectivity index (χ0n) is 10.8. The van der Waals surface area contributed by atoms with E-state index in [1.165, 1.54) is 12.8 Å². The van der Waals surface area contributed by atoms with Gasteiger partial charge in [0.2, 0.25) is 0 Å². The van der Waals surface area contributed by atoms with Crippen LogP contribution in [0, 0.1) is 5.92 Å². The van der Waals surface area contributed by atoms with Crippen molar-refractivity contribution >= 4 is 6.09 Å². The first-order valence-corrected chi connectivity index (χ1v) is 5.87. The summed E-state index contributed by atoms with van der Waals surface area (Å²) in [6.07, 6.45) is 3.47. The van der Waals surface area contributed by atoms with Gasteiger partial charge in [0.05, 0.1) is 6.61 Å². The van der Waals surface area contributed by atoms with Crippen molar-refractivity contribution in [2.24, 2.45) is 5.92 Å². The van der Waals surface area contributed by atoms with E-state index >= 15 is 0 Å². The summed E-state index contributed by atoms with van der Waals surface area (Å²) >= 11 is 0. The fourth-order valence-electron chi connectivity index (χ4n) is 1.57. The van der Waals surface area contributed by atoms with Gasteiger partial charge in [-0.3, -0.25) is 0 Å². The molecule has 1 fully saturated rings. The van der Waals surface area contributed by atoms with E-state index in [9.17, 15) is 4.79 Å². The van der Waals surface area contributed by atoms with Gasteiger partial charge >= 0.3 is 6.09 Å². The second kappa shape index (κ2) is 5.53. The third-order valence-electron chi connectivity index (χ3n) is 2.74. The van der Waals surface area contributed by atoms with Crippen LogP contribution >= 0.6 is 0 Å². The molecule has 16 heavy (non-hydrogen) atoms. The molecule has 0 bridgehead atoms. The Morgan fingerprint density at radius 3 is 2.56 bits per heavy atom. The first kappa shape index (κ1) is 13.3. The Morgan fingerprint density at radius 1 is 1.44 bits per heavy atom. The molecule has 94 valence electrons. The van der Waals surface area contributed by atoms with Crippen molar-refractivity contribution in [1.82, 2.24) is 4.90 Å². The van der Waals surface area contributed by atoms with E-state index in [0.29, 0.717) is 6.61 Å². The van der Waals surface area contributed by atoms with E-state index in [1.807, 2.05) is 13.8 Å². The third-order valence-corrected chi connectivity index (χ3v) is 2.74. The Balaban J connectivity index is 2.25. The van der Waals surface area contributed by atoms with Gasteiger partial charge in [0, 0.05) is 20.7 Å². The molecule has 1 aliphatic rings. The predicted molar refractivity (Wildman–Crippen MR) is 62.4 cm³/mol. The molecule has 0 aliphatic heterocycles. The quantitative estimate of drug-likeness (QED) is 0.701. The van der Waals surface area contributed by atoms with Gasteiger partial charge in [-0.05, 0) is 26.2 Å². The maximum absolute atomic E-state index is 11.7. The smallest absolute Gasteiger partial charge is 0.410 e. The molecule has 0 atom stereocenters. The maximum Gasteiger partial charge on any atom is 0.410 e. The van der Waals surface area contributed by atoms with Gasteiger partial charge in [0.15, 0.2) is 0 Å². The number of rotatable bonds is 6. The summed E-state index contributed by atoms with van der Waals surface area (Å²) in [7, 11) is 3.39. The van der Waals surface area contributed by atoms with Crippen LogP contribution in [0.15, 0.2) is 0 Å². The number of ether oxygens (including phenoxy) is 2. The fourth-order valence-corrected chi connectivity index (χ4v) is 1.57. The van der Waals surface area contributed by atoms with Crippen LogP contribution in [-0.4, -0.2) is 43.9 Å². The van der Waals surface area contributed by atoms with E-state index < -0.39 is 5.60 Å². The van der Waals surface area contributed by atoms with E-state index in [-0.39, 0.29) is 6.09 Å². The number of carbonyl (C=O) groups excluding carboxylic acids is 1. The number of carbonyl (C=O) groups is 1. The van der Waals surface area contributed by atoms with Gasteiger partial charge in [-0.25, -0.2) is 4.79 Å². The second-order valence-electron chi connectivity index (χ2n) is 5.21. The highest BCUT2D eigenvalue weighted by atomic mass is 16.6. The van der Waals surface area contributed by atoms with Crippen LogP contribution in [0.1, 0.15) is 33.1 Å². The number of hydrogen-bond acceptors (Lipinski definition) is 3. The van der Waals surface area contributed by atoms with Crippen LogP contribution in [0.5, 0.6) is 0 Å². The van der Waals surface area contributed by atoms with Gasteiger partial charge in [0.1, 0.15) is 5.60 Å². The molecule has 1 aliphatic carbocycles. The van der Waals surface area contributed by atoms with Crippen LogP contribution in [-0.2, 0) is 9.47 Å². The summed E-state index contributed by atoms with van der Waals surface area (Å²) in [6, 6.07) is 0. The molecule has 0 spiro atoms. The molecule has 0 heterocycles. The maximum atomic E-state index is 11.7. The zero-order valence-corrected chi connectivity index (χ0v) is 10.8. The summed E-state index contributed by atoms with van der Waals surface area (Å²) in [5, 5.41) is 0. The molecule has 1 rings (SSSR count). The van der Waals surface area contributed by atoms with Gasteiger partial charge in [-0.2, -0.15) is 0 Å². The van der Waals surface area contributed by atoms with Crippen molar-refractivity contribution in [3.05, 3.63) is 0 Å². The van der Waals surface area contributed by atoms with Gasteiger partial charge in [0.25, 0.3) is 0 Å². The van der Waals surface area contributed by atoms with Crippen molar-refractivity contribution in [3.63, 3.8) is 0 Å². The Kier molecular flexibility index (Phi) is 4.59. The molecule has 0 saturated heterocycles. The van der Waals surface area contributed by atoms with Crippen molar-refractivity contribution in [1.29, 1.82) is 0 Å². The Morgan fingerprint density at radius 2 is 2.06 bits per heavy atom. The lowest BCUT2D eigenvalue weighted by Gasteiger charge is -2.27. The molecule has 0 aromatic rings. The third kappa shape index (κ3) is 4.84. The molecule has 0 N–H and O–H groups in total. The van der Waals surface area contributed by atoms with Crippen LogP contribution in [0.3, 0.4) is 0 Å². The first-order valence-electron chi connectivity index (χ1n) is 5.87. The van der Waals surface area contributed by atoms with Gasteiger partial charge in [-0.1, -0.05) is 12.8 Å². The van der Waals surface area contributed by atoms with E-state index in [0.717, 1.165) is 18.9 Å². The predicted octanol–water partition coefficient (Wildman–Crippen LogP) is 2.28. The summed E-state index contributed by atoms with van der Waals surface area (Å²) in [5.74, 6) is 0.835. The normalized spacial score (nSPS) is 16.0. The highest BCUT2D eigenvalue weighted by Gasteiger charge is 2.26. The van der Waals surface area contributed by atoms with Crippen LogP contribution in [0.2, 0.25) is 0 Å². The minimum absolute atomic E-state index is 0.261. The average Bonchev–Trinajstić information content (AvgIpc) is 2.96. The lowest BCUT2D eigenvalue weighted by molar-refractivity contribution is -0.0305. The monoisotopic (exact) mass is 229 g/mol. The molecular formula is C12H23NO3. The molecule has 0 aromatic carbocycles. The van der Waals surface area contributed by atoms with Gasteiger partial charge < -0.3 is 14.4 Å². The van der Waals surface area contributed by atoms with Crippen molar-refractivity contribution in [2.45, 2.75) is 38.7 Å². The van der Waals surface area contributed by atoms with Crippen LogP contribution < -0.4 is 0 Å². The zero-order chi connectivity index (χ0) is 12.2. The molecule has 4 heteroatoms. The molecule has 0 unspecified atom stereocenters. The lowest BCUT2D eigenvalue weighted by atomic mass is 10.1. The van der Waals surface area contributed by atoms with Crippen molar-refractivity contribution < 1.29 is 14.3 Å². The Hall–Kier alpha value is -0.770. The minimum Gasteiger partial charge on any atom is -0.441 e. The average molecular weight is 229 g/mol. The highest BCUT2D eigenvalue weighted by molar-refractivity contribution is 5.67. The Labute approximate surface area is 97.9 Å². The molecule has 1 saturated carbocycles. The molecule has 4 nitrogen and oxygen atoms in total. The summed E-state index contributed by atoms with van der Waals surface area (Å²) < 4.78 is 10.4. The minimum atomic E-state index is -0.556. The highest BCUT2D eigenvalue weighted by Crippen LogP contribution is 2.32. The SMILES string of the molecule is COCC(C)(C)OC(=O)N(C)CCC1CC1. The van der Waals surface area contributed by atoms with Crippen molar-refractivity contribution in [3.8, 4) is 0 Å². The van der Waals surface area contributed by atoms with E-state index in [2.05, 4.69) is 0 Å². The summed E-state index contributed by atoms with van der Waals surface area (Å²) in [4.78, 5) is 13.4.